The van der Waals surface area contributed by atoms with Crippen LogP contribution in [-0.4, -0.2) is 15.0 Å². The highest BCUT2D eigenvalue weighted by molar-refractivity contribution is 9.10. The lowest BCUT2D eigenvalue weighted by molar-refractivity contribution is 1.04. The zero-order valence-electron chi connectivity index (χ0n) is 7.14. The molecular weight excluding hydrogens is 269 g/mol. The van der Waals surface area contributed by atoms with E-state index in [0.29, 0.717) is 21.0 Å². The quantitative estimate of drug-likeness (QED) is 0.748. The molecule has 0 saturated carbocycles. The molecule has 72 valence electrons. The second-order valence-electron chi connectivity index (χ2n) is 2.78. The Kier molecular flexibility index (Phi) is 2.28. The Morgan fingerprint density at radius 1 is 1.50 bits per heavy atom. The summed E-state index contributed by atoms with van der Waals surface area (Å²) in [5, 5.41) is 0.440. The summed E-state index contributed by atoms with van der Waals surface area (Å²) in [6.07, 6.45) is 0. The predicted molar refractivity (Wildman–Crippen MR) is 57.6 cm³/mol. The van der Waals surface area contributed by atoms with Crippen molar-refractivity contribution >= 4 is 38.6 Å². The highest BCUT2D eigenvalue weighted by atomic mass is 79.9. The van der Waals surface area contributed by atoms with Gasteiger partial charge in [-0.3, -0.25) is 4.79 Å². The number of fused-ring (bicyclic) bond motifs is 1. The molecule has 2 heterocycles. The normalized spacial score (nSPS) is 10.8. The minimum Gasteiger partial charge on any atom is -0.309 e. The van der Waals surface area contributed by atoms with E-state index < -0.39 is 0 Å². The van der Waals surface area contributed by atoms with Gasteiger partial charge in [0.1, 0.15) is 10.4 Å². The number of aromatic amines is 1. The van der Waals surface area contributed by atoms with Crippen LogP contribution in [0.25, 0.3) is 11.0 Å². The van der Waals surface area contributed by atoms with Gasteiger partial charge in [-0.05, 0) is 28.9 Å². The maximum atomic E-state index is 11.4. The van der Waals surface area contributed by atoms with Crippen molar-refractivity contribution < 1.29 is 0 Å². The smallest absolute Gasteiger partial charge is 0.277 e. The molecule has 0 radical (unpaired) electrons. The molecule has 0 unspecified atom stereocenters. The van der Waals surface area contributed by atoms with Crippen LogP contribution in [0.2, 0.25) is 5.02 Å². The van der Waals surface area contributed by atoms with Crippen LogP contribution in [0.3, 0.4) is 0 Å². The van der Waals surface area contributed by atoms with Crippen LogP contribution in [0.4, 0.5) is 0 Å². The maximum Gasteiger partial charge on any atom is 0.277 e. The van der Waals surface area contributed by atoms with E-state index in [9.17, 15) is 4.79 Å². The zero-order chi connectivity index (χ0) is 10.3. The summed E-state index contributed by atoms with van der Waals surface area (Å²) < 4.78 is 0.447. The molecule has 0 bridgehead atoms. The second-order valence-corrected chi connectivity index (χ2v) is 3.94. The molecule has 2 aromatic heterocycles. The topological polar surface area (TPSA) is 58.6 Å². The third-order valence-corrected chi connectivity index (χ3v) is 2.83. The Morgan fingerprint density at radius 2 is 2.21 bits per heavy atom. The second kappa shape index (κ2) is 3.33. The first-order chi connectivity index (χ1) is 6.58. The number of hydrogen-bond donors (Lipinski definition) is 1. The lowest BCUT2D eigenvalue weighted by atomic mass is 10.3. The summed E-state index contributed by atoms with van der Waals surface area (Å²) in [6, 6.07) is 1.61. The van der Waals surface area contributed by atoms with Gasteiger partial charge in [-0.2, -0.15) is 0 Å². The Hall–Kier alpha value is -0.940. The lowest BCUT2D eigenvalue weighted by Gasteiger charge is -1.99. The van der Waals surface area contributed by atoms with Crippen molar-refractivity contribution in [1.82, 2.24) is 15.0 Å². The van der Waals surface area contributed by atoms with E-state index in [2.05, 4.69) is 30.9 Å². The molecule has 0 aliphatic carbocycles. The van der Waals surface area contributed by atoms with Crippen LogP contribution < -0.4 is 5.56 Å². The van der Waals surface area contributed by atoms with Gasteiger partial charge in [0, 0.05) is 0 Å². The van der Waals surface area contributed by atoms with Gasteiger partial charge in [0.05, 0.1) is 10.5 Å². The van der Waals surface area contributed by atoms with Crippen molar-refractivity contribution in [3.63, 3.8) is 0 Å². The molecule has 0 atom stereocenters. The monoisotopic (exact) mass is 273 g/mol. The number of aryl methyl sites for hydroxylation is 1. The number of H-pyrrole nitrogens is 1. The predicted octanol–water partition coefficient (Wildman–Crippen LogP) is 2.04. The van der Waals surface area contributed by atoms with Gasteiger partial charge in [0.2, 0.25) is 0 Å². The summed E-state index contributed by atoms with van der Waals surface area (Å²) in [4.78, 5) is 22.1. The fraction of sp³-hybridized carbons (Fsp3) is 0.125. The van der Waals surface area contributed by atoms with Gasteiger partial charge in [0.25, 0.3) is 5.56 Å². The lowest BCUT2D eigenvalue weighted by Crippen LogP contribution is -2.11. The molecule has 0 aromatic carbocycles. The van der Waals surface area contributed by atoms with Crippen molar-refractivity contribution in [2.24, 2.45) is 0 Å². The molecular formula is C8H5BrClN3O. The molecule has 4 nitrogen and oxygen atoms in total. The molecule has 0 aliphatic heterocycles. The fourth-order valence-corrected chi connectivity index (χ4v) is 1.58. The summed E-state index contributed by atoms with van der Waals surface area (Å²) >= 11 is 8.98. The van der Waals surface area contributed by atoms with Crippen molar-refractivity contribution in [3.05, 3.63) is 31.9 Å². The average molecular weight is 275 g/mol. The van der Waals surface area contributed by atoms with E-state index in [1.807, 2.05) is 0 Å². The van der Waals surface area contributed by atoms with Gasteiger partial charge < -0.3 is 4.98 Å². The third kappa shape index (κ3) is 1.53. The van der Waals surface area contributed by atoms with Crippen molar-refractivity contribution in [1.29, 1.82) is 0 Å². The largest absolute Gasteiger partial charge is 0.309 e. The van der Waals surface area contributed by atoms with Crippen LogP contribution >= 0.6 is 27.5 Å². The van der Waals surface area contributed by atoms with Crippen LogP contribution in [0.1, 0.15) is 5.82 Å². The number of aromatic nitrogens is 3. The first kappa shape index (κ1) is 9.61. The third-order valence-electron chi connectivity index (χ3n) is 1.71. The molecule has 0 spiro atoms. The van der Waals surface area contributed by atoms with Crippen molar-refractivity contribution in [3.8, 4) is 0 Å². The van der Waals surface area contributed by atoms with Crippen LogP contribution in [0.5, 0.6) is 0 Å². The van der Waals surface area contributed by atoms with Gasteiger partial charge in [0.15, 0.2) is 5.52 Å². The number of nitrogens with zero attached hydrogens (tertiary/aromatic N) is 2. The number of halogens is 2. The Labute approximate surface area is 92.5 Å². The van der Waals surface area contributed by atoms with Crippen molar-refractivity contribution in [2.45, 2.75) is 6.92 Å². The summed E-state index contributed by atoms with van der Waals surface area (Å²) in [5.41, 5.74) is 0.524. The number of rotatable bonds is 0. The Bertz CT molecular complexity index is 566. The fourth-order valence-electron chi connectivity index (χ4n) is 1.14. The molecule has 0 fully saturated rings. The highest BCUT2D eigenvalue weighted by Gasteiger charge is 2.06. The molecule has 2 aromatic rings. The molecule has 0 amide bonds. The van der Waals surface area contributed by atoms with Crippen LogP contribution in [0.15, 0.2) is 15.5 Å². The average Bonchev–Trinajstić information content (AvgIpc) is 2.08. The van der Waals surface area contributed by atoms with E-state index in [-0.39, 0.29) is 11.1 Å². The number of nitrogens with one attached hydrogen (secondary N) is 1. The van der Waals surface area contributed by atoms with E-state index in [1.165, 1.54) is 0 Å². The first-order valence-corrected chi connectivity index (χ1v) is 4.97. The minimum atomic E-state index is -0.259. The van der Waals surface area contributed by atoms with Gasteiger partial charge >= 0.3 is 0 Å². The molecule has 14 heavy (non-hydrogen) atoms. The van der Waals surface area contributed by atoms with Crippen molar-refractivity contribution in [2.75, 3.05) is 0 Å². The molecule has 1 N–H and O–H groups in total. The number of pyridine rings is 1. The number of hydrogen-bond acceptors (Lipinski definition) is 3. The SMILES string of the molecule is Cc1nc2cc(Cl)c(Br)nc2c(=O)[nH]1. The summed E-state index contributed by atoms with van der Waals surface area (Å²) in [7, 11) is 0. The first-order valence-electron chi connectivity index (χ1n) is 3.80. The molecule has 6 heteroatoms. The van der Waals surface area contributed by atoms with E-state index in [4.69, 9.17) is 11.6 Å². The molecule has 0 saturated heterocycles. The molecule has 0 aliphatic rings. The minimum absolute atomic E-state index is 0.259. The Morgan fingerprint density at radius 3 is 2.93 bits per heavy atom. The van der Waals surface area contributed by atoms with E-state index >= 15 is 0 Å². The maximum absolute atomic E-state index is 11.4. The van der Waals surface area contributed by atoms with Gasteiger partial charge in [-0.15, -0.1) is 0 Å². The summed E-state index contributed by atoms with van der Waals surface area (Å²) in [6.45, 7) is 1.71. The van der Waals surface area contributed by atoms with Crippen LogP contribution in [0, 0.1) is 6.92 Å². The van der Waals surface area contributed by atoms with Gasteiger partial charge in [-0.25, -0.2) is 9.97 Å². The van der Waals surface area contributed by atoms with E-state index in [0.717, 1.165) is 0 Å². The van der Waals surface area contributed by atoms with Gasteiger partial charge in [-0.1, -0.05) is 11.6 Å². The highest BCUT2D eigenvalue weighted by Crippen LogP contribution is 2.22. The summed E-state index contributed by atoms with van der Waals surface area (Å²) in [5.74, 6) is 0.544. The van der Waals surface area contributed by atoms with E-state index in [1.54, 1.807) is 13.0 Å². The zero-order valence-corrected chi connectivity index (χ0v) is 9.48. The standard InChI is InChI=1S/C8H5BrClN3O/c1-3-11-5-2-4(10)7(9)13-6(5)8(14)12-3/h2H,1H3,(H,11,12,14). The molecule has 2 rings (SSSR count). The Balaban J connectivity index is 2.96. The van der Waals surface area contributed by atoms with Crippen LogP contribution in [-0.2, 0) is 0 Å².